The van der Waals surface area contributed by atoms with Gasteiger partial charge in [0.2, 0.25) is 0 Å². The number of ether oxygens (including phenoxy) is 3. The number of carbonyl (C=O) groups excluding carboxylic acids is 1. The average Bonchev–Trinajstić information content (AvgIpc) is 3.46. The smallest absolute Gasteiger partial charge is 0.341 e. The van der Waals surface area contributed by atoms with Crippen molar-refractivity contribution >= 4 is 34.3 Å². The van der Waals surface area contributed by atoms with Crippen LogP contribution in [0.3, 0.4) is 0 Å². The summed E-state index contributed by atoms with van der Waals surface area (Å²) >= 11 is 0. The summed E-state index contributed by atoms with van der Waals surface area (Å²) in [6.45, 7) is 10.0. The van der Waals surface area contributed by atoms with Crippen molar-refractivity contribution < 1.29 is 33.4 Å². The Morgan fingerprint density at radius 3 is 2.76 bits per heavy atom. The topological polar surface area (TPSA) is 179 Å². The molecule has 0 saturated carbocycles. The molecule has 13 heteroatoms. The van der Waals surface area contributed by atoms with Crippen molar-refractivity contribution in [3.63, 3.8) is 0 Å². The van der Waals surface area contributed by atoms with Crippen LogP contribution in [0.15, 0.2) is 74.7 Å². The molecule has 0 aliphatic carbocycles. The first-order chi connectivity index (χ1) is 28.4. The summed E-state index contributed by atoms with van der Waals surface area (Å²) in [6.07, 6.45) is 12.3. The Labute approximate surface area is 343 Å². The highest BCUT2D eigenvalue weighted by Gasteiger charge is 2.64. The summed E-state index contributed by atoms with van der Waals surface area (Å²) in [5, 5.41) is 15.2. The summed E-state index contributed by atoms with van der Waals surface area (Å²) in [7, 11) is 0. The van der Waals surface area contributed by atoms with Gasteiger partial charge in [-0.25, -0.2) is 14.8 Å². The molecule has 308 valence electrons. The minimum Gasteiger partial charge on any atom is -0.507 e. The van der Waals surface area contributed by atoms with Crippen molar-refractivity contribution in [3.8, 4) is 22.8 Å². The number of pyridine rings is 2. The molecule has 2 saturated heterocycles. The zero-order chi connectivity index (χ0) is 41.1. The van der Waals surface area contributed by atoms with Gasteiger partial charge in [0.1, 0.15) is 76.6 Å². The van der Waals surface area contributed by atoms with Crippen LogP contribution in [0.4, 0.5) is 11.6 Å². The number of epoxide rings is 1. The number of benzene rings is 1. The third-order valence-electron chi connectivity index (χ3n) is 12.5. The number of allylic oxidation sites excluding steroid dienone is 1. The molecule has 59 heavy (non-hydrogen) atoms. The number of phenols is 1. The van der Waals surface area contributed by atoms with Crippen LogP contribution in [0.2, 0.25) is 0 Å². The van der Waals surface area contributed by atoms with Crippen LogP contribution in [-0.4, -0.2) is 63.3 Å². The molecule has 13 nitrogen and oxygen atoms in total. The van der Waals surface area contributed by atoms with Gasteiger partial charge in [-0.1, -0.05) is 26.2 Å². The Balaban J connectivity index is 0.925. The molecule has 5 aliphatic heterocycles. The molecule has 9 rings (SSSR count). The Kier molecular flexibility index (Phi) is 10.1. The highest BCUT2D eigenvalue weighted by molar-refractivity contribution is 6.06. The second-order valence-corrected chi connectivity index (χ2v) is 17.3. The summed E-state index contributed by atoms with van der Waals surface area (Å²) in [5.41, 5.74) is 10.8. The molecule has 8 heterocycles. The number of aromatic hydroxyl groups is 1. The van der Waals surface area contributed by atoms with Crippen LogP contribution in [-0.2, 0) is 27.2 Å². The van der Waals surface area contributed by atoms with Crippen LogP contribution >= 0.6 is 0 Å². The number of phenolic OH excluding ortho intramolecular Hbond substituents is 1. The maximum atomic E-state index is 14.2. The number of aromatic nitrogens is 2. The number of hydrogen-bond acceptors (Lipinski definition) is 12. The minimum atomic E-state index is -1.07. The number of anilines is 2. The van der Waals surface area contributed by atoms with E-state index in [0.717, 1.165) is 79.2 Å². The Morgan fingerprint density at radius 1 is 1.07 bits per heavy atom. The van der Waals surface area contributed by atoms with E-state index in [4.69, 9.17) is 34.3 Å². The SMILES string of the molecule is CCCCCNc1cc(-c2cc(CC[C@@H]3O[C@@]34CCCC[C@H]3c5c(cc6oc(C)cc(=O)c6c5O)OC(C)(C)[C@@H]3OC4=O)cc(N)n2)cc(C[NH+]2C=C3C=CN=C3C2)n1. The van der Waals surface area contributed by atoms with Crippen LogP contribution < -0.4 is 26.1 Å². The molecular formula is C46H53N6O7+. The fourth-order valence-corrected chi connectivity index (χ4v) is 9.53. The number of esters is 1. The van der Waals surface area contributed by atoms with Crippen LogP contribution in [0, 0.1) is 6.92 Å². The zero-order valence-electron chi connectivity index (χ0n) is 34.2. The molecule has 0 amide bonds. The van der Waals surface area contributed by atoms with Gasteiger partial charge in [-0.3, -0.25) is 14.7 Å². The minimum absolute atomic E-state index is 0.102. The van der Waals surface area contributed by atoms with Gasteiger partial charge in [0.25, 0.3) is 0 Å². The highest BCUT2D eigenvalue weighted by atomic mass is 16.7. The fraction of sp³-hybridized carbons (Fsp3) is 0.457. The lowest BCUT2D eigenvalue weighted by Gasteiger charge is -2.44. The van der Waals surface area contributed by atoms with Gasteiger partial charge in [-0.2, -0.15) is 0 Å². The number of aryl methyl sites for hydroxylation is 2. The summed E-state index contributed by atoms with van der Waals surface area (Å²) in [6, 6.07) is 11.2. The lowest BCUT2D eigenvalue weighted by Crippen LogP contribution is -3.05. The number of rotatable bonds is 11. The quantitative estimate of drug-likeness (QED) is 0.0770. The standard InChI is InChI=1S/C46H52N6O7/c1-5-6-9-15-49-39-21-29(20-30(50-39)24-52-23-28-13-16-48-33(28)25-52)32-18-27(19-38(47)51-32)11-12-37-46(59-37)14-8-7-10-31-40-36(58-45(3,4)43(31)57-44(46)55)22-35-41(42(40)54)34(53)17-26(2)56-35/h13,16-23,31,37,43,54H,5-12,14-15,24-25H2,1-4H3,(H2,47,51)(H,49,50)/p+1/t31-,37-,43+,46-/m0/s1. The second-order valence-electron chi connectivity index (χ2n) is 17.3. The summed E-state index contributed by atoms with van der Waals surface area (Å²) in [4.78, 5) is 42.8. The van der Waals surface area contributed by atoms with Gasteiger partial charge in [-0.15, -0.1) is 0 Å². The van der Waals surface area contributed by atoms with E-state index in [9.17, 15) is 14.7 Å². The zero-order valence-corrected chi connectivity index (χ0v) is 34.2. The molecular weight excluding hydrogens is 749 g/mol. The molecule has 2 fully saturated rings. The monoisotopic (exact) mass is 801 g/mol. The first-order valence-corrected chi connectivity index (χ1v) is 21.1. The largest absolute Gasteiger partial charge is 0.507 e. The van der Waals surface area contributed by atoms with E-state index < -0.39 is 29.2 Å². The number of carbonyl (C=O) groups is 1. The maximum Gasteiger partial charge on any atom is 0.341 e. The van der Waals surface area contributed by atoms with Crippen molar-refractivity contribution in [1.82, 2.24) is 9.97 Å². The van der Waals surface area contributed by atoms with Crippen LogP contribution in [0.5, 0.6) is 11.5 Å². The predicted octanol–water partition coefficient (Wildman–Crippen LogP) is 6.21. The van der Waals surface area contributed by atoms with Gasteiger partial charge in [0.05, 0.1) is 23.1 Å². The van der Waals surface area contributed by atoms with Crippen molar-refractivity contribution in [2.45, 2.75) is 121 Å². The van der Waals surface area contributed by atoms with E-state index in [2.05, 4.69) is 41.6 Å². The number of quaternary nitrogens is 1. The van der Waals surface area contributed by atoms with Gasteiger partial charge in [0, 0.05) is 41.9 Å². The van der Waals surface area contributed by atoms with Crippen molar-refractivity contribution in [2.75, 3.05) is 24.1 Å². The molecule has 3 aromatic heterocycles. The normalized spacial score (nSPS) is 25.2. The average molecular weight is 802 g/mol. The molecule has 5 atom stereocenters. The van der Waals surface area contributed by atoms with E-state index in [1.54, 1.807) is 13.0 Å². The van der Waals surface area contributed by atoms with Gasteiger partial charge in [0.15, 0.2) is 11.0 Å². The van der Waals surface area contributed by atoms with Crippen LogP contribution in [0.1, 0.15) is 101 Å². The molecule has 0 bridgehead atoms. The number of unbranched alkanes of at least 4 members (excludes halogenated alkanes) is 2. The number of nitrogen functional groups attached to an aromatic ring is 1. The third kappa shape index (κ3) is 7.50. The number of nitrogens with zero attached hydrogens (tertiary/aromatic N) is 3. The number of aliphatic imine (C=N–C) groups is 1. The molecule has 1 unspecified atom stereocenters. The van der Waals surface area contributed by atoms with Gasteiger partial charge < -0.3 is 34.8 Å². The Morgan fingerprint density at radius 2 is 1.93 bits per heavy atom. The second kappa shape index (κ2) is 15.3. The lowest BCUT2D eigenvalue weighted by molar-refractivity contribution is -0.848. The number of nitrogens with two attached hydrogens (primary N) is 1. The number of fused-ring (bicyclic) bond motifs is 5. The van der Waals surface area contributed by atoms with Gasteiger partial charge >= 0.3 is 5.97 Å². The Hall–Kier alpha value is -5.53. The van der Waals surface area contributed by atoms with Gasteiger partial charge in [-0.05, 0) is 95.2 Å². The van der Waals surface area contributed by atoms with E-state index in [1.807, 2.05) is 32.2 Å². The highest BCUT2D eigenvalue weighted by Crippen LogP contribution is 2.53. The molecule has 0 radical (unpaired) electrons. The van der Waals surface area contributed by atoms with Crippen molar-refractivity contribution in [3.05, 3.63) is 93.3 Å². The first-order valence-electron chi connectivity index (χ1n) is 21.1. The van der Waals surface area contributed by atoms with Crippen molar-refractivity contribution in [1.29, 1.82) is 0 Å². The molecule has 1 spiro atoms. The number of hydrogen-bond donors (Lipinski definition) is 4. The Bertz CT molecular complexity index is 2490. The van der Waals surface area contributed by atoms with E-state index in [0.29, 0.717) is 55.1 Å². The predicted molar refractivity (Wildman–Crippen MR) is 225 cm³/mol. The number of nitrogens with one attached hydrogen (secondary N) is 2. The molecule has 1 aromatic carbocycles. The van der Waals surface area contributed by atoms with E-state index in [1.165, 1.54) is 16.5 Å². The van der Waals surface area contributed by atoms with E-state index in [-0.39, 0.29) is 28.3 Å². The molecule has 4 aromatic rings. The summed E-state index contributed by atoms with van der Waals surface area (Å²) in [5.74, 6) is 1.11. The molecule has 5 N–H and O–H groups in total. The van der Waals surface area contributed by atoms with Crippen LogP contribution in [0.25, 0.3) is 22.2 Å². The molecule has 5 aliphatic rings. The fourth-order valence-electron chi connectivity index (χ4n) is 9.53. The summed E-state index contributed by atoms with van der Waals surface area (Å²) < 4.78 is 25.0. The van der Waals surface area contributed by atoms with Crippen molar-refractivity contribution in [2.24, 2.45) is 4.99 Å². The first kappa shape index (κ1) is 39.0. The third-order valence-corrected chi connectivity index (χ3v) is 12.5. The van der Waals surface area contributed by atoms with E-state index >= 15 is 0 Å². The lowest BCUT2D eigenvalue weighted by atomic mass is 9.77. The maximum absolute atomic E-state index is 14.2.